The van der Waals surface area contributed by atoms with Crippen molar-refractivity contribution < 1.29 is 9.59 Å². The summed E-state index contributed by atoms with van der Waals surface area (Å²) >= 11 is 0. The Balaban J connectivity index is 1.31. The van der Waals surface area contributed by atoms with E-state index in [9.17, 15) is 9.59 Å². The zero-order valence-corrected chi connectivity index (χ0v) is 14.5. The predicted molar refractivity (Wildman–Crippen MR) is 99.9 cm³/mol. The average Bonchev–Trinajstić information content (AvgIpc) is 3.08. The van der Waals surface area contributed by atoms with E-state index in [0.717, 1.165) is 11.3 Å². The number of hydrogen-bond donors (Lipinski definition) is 2. The Morgan fingerprint density at radius 2 is 1.77 bits per heavy atom. The molecule has 6 heteroatoms. The van der Waals surface area contributed by atoms with E-state index in [0.29, 0.717) is 37.9 Å². The Labute approximate surface area is 152 Å². The number of carbonyl (C=O) groups excluding carboxylic acids is 2. The minimum atomic E-state index is -0.113. The van der Waals surface area contributed by atoms with Crippen LogP contribution in [0.15, 0.2) is 60.9 Å². The van der Waals surface area contributed by atoms with Gasteiger partial charge in [-0.1, -0.05) is 24.3 Å². The van der Waals surface area contributed by atoms with Crippen molar-refractivity contribution in [3.05, 3.63) is 72.2 Å². The van der Waals surface area contributed by atoms with E-state index in [-0.39, 0.29) is 11.8 Å². The number of nitrogens with one attached hydrogen (secondary N) is 2. The molecule has 0 saturated carbocycles. The van der Waals surface area contributed by atoms with Crippen LogP contribution in [-0.2, 0) is 11.2 Å². The van der Waals surface area contributed by atoms with Gasteiger partial charge in [0.15, 0.2) is 0 Å². The largest absolute Gasteiger partial charge is 0.356 e. The first-order valence-corrected chi connectivity index (χ1v) is 8.75. The number of pyridine rings is 1. The van der Waals surface area contributed by atoms with Crippen molar-refractivity contribution in [3.63, 3.8) is 0 Å². The van der Waals surface area contributed by atoms with Crippen molar-refractivity contribution in [3.8, 4) is 0 Å². The van der Waals surface area contributed by atoms with Gasteiger partial charge in [0.2, 0.25) is 5.91 Å². The van der Waals surface area contributed by atoms with Crippen LogP contribution in [0.5, 0.6) is 0 Å². The number of rotatable bonds is 8. The lowest BCUT2D eigenvalue weighted by molar-refractivity contribution is -0.121. The zero-order chi connectivity index (χ0) is 18.2. The lowest BCUT2D eigenvalue weighted by Gasteiger charge is -2.06. The highest BCUT2D eigenvalue weighted by Gasteiger charge is 2.06. The quantitative estimate of drug-likeness (QED) is 0.612. The fourth-order valence-corrected chi connectivity index (χ4v) is 2.67. The SMILES string of the molecule is O=C(CCCNC(=O)c1ccccc1)NCCc1cn2ccccc2n1. The molecule has 0 aliphatic heterocycles. The topological polar surface area (TPSA) is 75.5 Å². The second kappa shape index (κ2) is 8.80. The number of carbonyl (C=O) groups is 2. The molecular weight excluding hydrogens is 328 g/mol. The number of benzene rings is 1. The molecule has 0 radical (unpaired) electrons. The summed E-state index contributed by atoms with van der Waals surface area (Å²) in [6.45, 7) is 1.03. The number of imidazole rings is 1. The Morgan fingerprint density at radius 3 is 2.58 bits per heavy atom. The van der Waals surface area contributed by atoms with E-state index in [1.807, 2.05) is 53.2 Å². The molecule has 0 atom stereocenters. The van der Waals surface area contributed by atoms with E-state index in [1.165, 1.54) is 0 Å². The smallest absolute Gasteiger partial charge is 0.251 e. The summed E-state index contributed by atoms with van der Waals surface area (Å²) in [6, 6.07) is 14.9. The van der Waals surface area contributed by atoms with Crippen LogP contribution in [0.2, 0.25) is 0 Å². The number of nitrogens with zero attached hydrogens (tertiary/aromatic N) is 2. The fraction of sp³-hybridized carbons (Fsp3) is 0.250. The average molecular weight is 350 g/mol. The van der Waals surface area contributed by atoms with Gasteiger partial charge >= 0.3 is 0 Å². The van der Waals surface area contributed by atoms with Crippen molar-refractivity contribution in [1.82, 2.24) is 20.0 Å². The molecule has 1 aromatic carbocycles. The van der Waals surface area contributed by atoms with Gasteiger partial charge in [0.1, 0.15) is 5.65 Å². The van der Waals surface area contributed by atoms with Crippen LogP contribution < -0.4 is 10.6 Å². The van der Waals surface area contributed by atoms with Gasteiger partial charge in [-0.25, -0.2) is 4.98 Å². The molecule has 2 N–H and O–H groups in total. The maximum absolute atomic E-state index is 11.9. The zero-order valence-electron chi connectivity index (χ0n) is 14.5. The first-order valence-electron chi connectivity index (χ1n) is 8.75. The summed E-state index contributed by atoms with van der Waals surface area (Å²) in [7, 11) is 0. The van der Waals surface area contributed by atoms with Gasteiger partial charge < -0.3 is 15.0 Å². The summed E-state index contributed by atoms with van der Waals surface area (Å²) in [5.41, 5.74) is 2.49. The Morgan fingerprint density at radius 1 is 0.962 bits per heavy atom. The van der Waals surface area contributed by atoms with Crippen LogP contribution in [-0.4, -0.2) is 34.3 Å². The molecule has 0 unspecified atom stereocenters. The highest BCUT2D eigenvalue weighted by molar-refractivity contribution is 5.94. The normalized spacial score (nSPS) is 10.6. The second-order valence-corrected chi connectivity index (χ2v) is 6.02. The minimum absolute atomic E-state index is 0.0114. The van der Waals surface area contributed by atoms with Crippen molar-refractivity contribution in [2.45, 2.75) is 19.3 Å². The Hall–Kier alpha value is -3.15. The Kier molecular flexibility index (Phi) is 5.98. The van der Waals surface area contributed by atoms with Gasteiger partial charge in [0.05, 0.1) is 5.69 Å². The summed E-state index contributed by atoms with van der Waals surface area (Å²) in [5, 5.41) is 5.71. The molecule has 0 fully saturated rings. The molecule has 2 aromatic heterocycles. The first kappa shape index (κ1) is 17.7. The van der Waals surface area contributed by atoms with Crippen molar-refractivity contribution >= 4 is 17.5 Å². The van der Waals surface area contributed by atoms with Crippen molar-refractivity contribution in [2.24, 2.45) is 0 Å². The van der Waals surface area contributed by atoms with Crippen molar-refractivity contribution in [2.75, 3.05) is 13.1 Å². The van der Waals surface area contributed by atoms with E-state index < -0.39 is 0 Å². The third kappa shape index (κ3) is 4.92. The highest BCUT2D eigenvalue weighted by Crippen LogP contribution is 2.04. The van der Waals surface area contributed by atoms with Crippen LogP contribution in [0, 0.1) is 0 Å². The van der Waals surface area contributed by atoms with Crippen molar-refractivity contribution in [1.29, 1.82) is 0 Å². The third-order valence-electron chi connectivity index (χ3n) is 4.02. The van der Waals surface area contributed by atoms with Crippen LogP contribution in [0.4, 0.5) is 0 Å². The number of aromatic nitrogens is 2. The summed E-state index contributed by atoms with van der Waals surface area (Å²) < 4.78 is 1.96. The molecular formula is C20H22N4O2. The molecule has 6 nitrogen and oxygen atoms in total. The molecule has 3 aromatic rings. The van der Waals surface area contributed by atoms with Crippen LogP contribution in [0.25, 0.3) is 5.65 Å². The summed E-state index contributed by atoms with van der Waals surface area (Å²) in [5.74, 6) is -0.124. The first-order chi connectivity index (χ1) is 12.7. The molecule has 0 spiro atoms. The van der Waals surface area contributed by atoms with Gasteiger partial charge in [0, 0.05) is 43.9 Å². The lowest BCUT2D eigenvalue weighted by atomic mass is 10.2. The number of amides is 2. The molecule has 0 aliphatic rings. The molecule has 26 heavy (non-hydrogen) atoms. The monoisotopic (exact) mass is 350 g/mol. The second-order valence-electron chi connectivity index (χ2n) is 6.02. The van der Waals surface area contributed by atoms with Crippen LogP contribution in [0.1, 0.15) is 28.9 Å². The predicted octanol–water partition coefficient (Wildman–Crippen LogP) is 2.20. The Bertz CT molecular complexity index is 841. The number of hydrogen-bond acceptors (Lipinski definition) is 3. The van der Waals surface area contributed by atoms with Crippen LogP contribution >= 0.6 is 0 Å². The van der Waals surface area contributed by atoms with Gasteiger partial charge in [-0.05, 0) is 30.7 Å². The van der Waals surface area contributed by atoms with E-state index in [4.69, 9.17) is 0 Å². The van der Waals surface area contributed by atoms with Gasteiger partial charge in [-0.15, -0.1) is 0 Å². The third-order valence-corrected chi connectivity index (χ3v) is 4.02. The van der Waals surface area contributed by atoms with Gasteiger partial charge in [-0.2, -0.15) is 0 Å². The summed E-state index contributed by atoms with van der Waals surface area (Å²) in [6.07, 6.45) is 5.62. The van der Waals surface area contributed by atoms with E-state index in [1.54, 1.807) is 12.1 Å². The molecule has 3 rings (SSSR count). The molecule has 2 amide bonds. The molecule has 0 saturated heterocycles. The fourth-order valence-electron chi connectivity index (χ4n) is 2.67. The van der Waals surface area contributed by atoms with E-state index in [2.05, 4.69) is 15.6 Å². The summed E-state index contributed by atoms with van der Waals surface area (Å²) in [4.78, 5) is 28.2. The minimum Gasteiger partial charge on any atom is -0.356 e. The molecule has 134 valence electrons. The maximum Gasteiger partial charge on any atom is 0.251 e. The standard InChI is InChI=1S/C20H22N4O2/c25-19(10-6-12-22-20(26)16-7-2-1-3-8-16)21-13-11-17-15-24-14-5-4-9-18(24)23-17/h1-5,7-9,14-15H,6,10-13H2,(H,21,25)(H,22,26). The molecule has 2 heterocycles. The molecule has 0 aliphatic carbocycles. The molecule has 0 bridgehead atoms. The number of fused-ring (bicyclic) bond motifs is 1. The highest BCUT2D eigenvalue weighted by atomic mass is 16.2. The maximum atomic E-state index is 11.9. The lowest BCUT2D eigenvalue weighted by Crippen LogP contribution is -2.28. The van der Waals surface area contributed by atoms with Crippen LogP contribution in [0.3, 0.4) is 0 Å². The van der Waals surface area contributed by atoms with Gasteiger partial charge in [-0.3, -0.25) is 9.59 Å². The van der Waals surface area contributed by atoms with E-state index >= 15 is 0 Å². The van der Waals surface area contributed by atoms with Gasteiger partial charge in [0.25, 0.3) is 5.91 Å².